The van der Waals surface area contributed by atoms with Gasteiger partial charge in [0.15, 0.2) is 0 Å². The first-order valence-corrected chi connectivity index (χ1v) is 10.3. The van der Waals surface area contributed by atoms with Crippen LogP contribution in [-0.4, -0.2) is 23.0 Å². The minimum atomic E-state index is -0.720. The van der Waals surface area contributed by atoms with Crippen LogP contribution in [0.25, 0.3) is 22.0 Å². The van der Waals surface area contributed by atoms with E-state index in [0.29, 0.717) is 27.7 Å². The zero-order chi connectivity index (χ0) is 23.5. The van der Waals surface area contributed by atoms with E-state index >= 15 is 0 Å². The summed E-state index contributed by atoms with van der Waals surface area (Å²) in [5, 5.41) is 3.35. The number of nitrogens with one attached hydrogen (secondary N) is 1. The molecule has 4 rings (SSSR count). The van der Waals surface area contributed by atoms with Crippen molar-refractivity contribution in [2.75, 3.05) is 5.32 Å². The summed E-state index contributed by atoms with van der Waals surface area (Å²) in [6.45, 7) is 3.47. The highest BCUT2D eigenvalue weighted by molar-refractivity contribution is 6.09. The summed E-state index contributed by atoms with van der Waals surface area (Å²) in [4.78, 5) is 29.5. The van der Waals surface area contributed by atoms with E-state index in [1.54, 1.807) is 50.2 Å². The van der Waals surface area contributed by atoms with Gasteiger partial charge in [-0.25, -0.2) is 18.6 Å². The summed E-state index contributed by atoms with van der Waals surface area (Å²) in [5.74, 6) is -2.43. The minimum Gasteiger partial charge on any atom is -0.458 e. The lowest BCUT2D eigenvalue weighted by molar-refractivity contribution is 0.0371. The number of carbonyl (C=O) groups excluding carboxylic acids is 2. The molecule has 0 aliphatic heterocycles. The molecule has 0 bridgehead atoms. The van der Waals surface area contributed by atoms with Crippen LogP contribution >= 0.6 is 0 Å². The smallest absolute Gasteiger partial charge is 0.357 e. The number of nitrogens with zero attached hydrogens (tertiary/aromatic N) is 1. The first-order chi connectivity index (χ1) is 15.8. The summed E-state index contributed by atoms with van der Waals surface area (Å²) in [7, 11) is 0. The SMILES string of the molecule is CC(C)OC(=O)c1ccc2cccc(NC(=O)c3cc(-c4cccc(F)c4)ccc3F)c2n1. The molecular weight excluding hydrogens is 426 g/mol. The normalized spacial score (nSPS) is 10.9. The fourth-order valence-corrected chi connectivity index (χ4v) is 3.37. The Morgan fingerprint density at radius 3 is 2.42 bits per heavy atom. The Labute approximate surface area is 189 Å². The molecule has 7 heteroatoms. The van der Waals surface area contributed by atoms with Crippen molar-refractivity contribution in [3.63, 3.8) is 0 Å². The van der Waals surface area contributed by atoms with Gasteiger partial charge in [-0.1, -0.05) is 36.4 Å². The molecule has 4 aromatic rings. The maximum Gasteiger partial charge on any atom is 0.357 e. The highest BCUT2D eigenvalue weighted by Crippen LogP contribution is 2.26. The fourth-order valence-electron chi connectivity index (χ4n) is 3.37. The molecule has 0 spiro atoms. The average Bonchev–Trinajstić information content (AvgIpc) is 2.79. The van der Waals surface area contributed by atoms with Crippen LogP contribution in [0.5, 0.6) is 0 Å². The average molecular weight is 446 g/mol. The molecule has 5 nitrogen and oxygen atoms in total. The second-order valence-electron chi connectivity index (χ2n) is 7.69. The number of fused-ring (bicyclic) bond motifs is 1. The Bertz CT molecular complexity index is 1370. The molecule has 0 radical (unpaired) electrons. The van der Waals surface area contributed by atoms with Crippen LogP contribution < -0.4 is 5.32 Å². The van der Waals surface area contributed by atoms with Gasteiger partial charge in [-0.15, -0.1) is 0 Å². The van der Waals surface area contributed by atoms with Crippen molar-refractivity contribution in [1.29, 1.82) is 0 Å². The summed E-state index contributed by atoms with van der Waals surface area (Å²) < 4.78 is 33.3. The van der Waals surface area contributed by atoms with Crippen molar-refractivity contribution >= 4 is 28.5 Å². The third-order valence-electron chi connectivity index (χ3n) is 4.89. The molecule has 3 aromatic carbocycles. The molecule has 0 aliphatic carbocycles. The fraction of sp³-hybridized carbons (Fsp3) is 0.115. The van der Waals surface area contributed by atoms with Crippen molar-refractivity contribution in [2.45, 2.75) is 20.0 Å². The third kappa shape index (κ3) is 4.87. The van der Waals surface area contributed by atoms with E-state index in [4.69, 9.17) is 4.74 Å². The molecular formula is C26H20F2N2O3. The second kappa shape index (κ2) is 9.16. The number of anilines is 1. The van der Waals surface area contributed by atoms with E-state index in [1.807, 2.05) is 0 Å². The summed E-state index contributed by atoms with van der Waals surface area (Å²) >= 11 is 0. The summed E-state index contributed by atoms with van der Waals surface area (Å²) in [6.07, 6.45) is -0.307. The van der Waals surface area contributed by atoms with Gasteiger partial charge < -0.3 is 10.1 Å². The van der Waals surface area contributed by atoms with Crippen LogP contribution in [0.1, 0.15) is 34.7 Å². The molecule has 1 heterocycles. The van der Waals surface area contributed by atoms with E-state index in [2.05, 4.69) is 10.3 Å². The predicted octanol–water partition coefficient (Wildman–Crippen LogP) is 6.00. The number of carbonyl (C=O) groups is 2. The monoisotopic (exact) mass is 446 g/mol. The second-order valence-corrected chi connectivity index (χ2v) is 7.69. The number of amides is 1. The van der Waals surface area contributed by atoms with Crippen molar-refractivity contribution in [3.05, 3.63) is 95.7 Å². The number of pyridine rings is 1. The first-order valence-electron chi connectivity index (χ1n) is 10.3. The van der Waals surface area contributed by atoms with Crippen molar-refractivity contribution in [3.8, 4) is 11.1 Å². The van der Waals surface area contributed by atoms with Gasteiger partial charge in [0.25, 0.3) is 5.91 Å². The Hall–Kier alpha value is -4.13. The minimum absolute atomic E-state index is 0.0946. The van der Waals surface area contributed by atoms with Crippen LogP contribution in [-0.2, 0) is 4.74 Å². The number of halogens is 2. The van der Waals surface area contributed by atoms with E-state index in [1.165, 1.54) is 30.3 Å². The molecule has 166 valence electrons. The van der Waals surface area contributed by atoms with E-state index in [9.17, 15) is 18.4 Å². The van der Waals surface area contributed by atoms with Gasteiger partial charge in [-0.2, -0.15) is 0 Å². The molecule has 0 saturated carbocycles. The lowest BCUT2D eigenvalue weighted by Gasteiger charge is -2.12. The summed E-state index contributed by atoms with van der Waals surface area (Å²) in [6, 6.07) is 18.2. The van der Waals surface area contributed by atoms with E-state index in [-0.39, 0.29) is 17.4 Å². The lowest BCUT2D eigenvalue weighted by atomic mass is 10.0. The molecule has 1 amide bonds. The number of aromatic nitrogens is 1. The van der Waals surface area contributed by atoms with Crippen molar-refractivity contribution < 1.29 is 23.1 Å². The molecule has 0 atom stereocenters. The van der Waals surface area contributed by atoms with Gasteiger partial charge in [0.05, 0.1) is 22.9 Å². The Kier molecular flexibility index (Phi) is 6.13. The number of hydrogen-bond acceptors (Lipinski definition) is 4. The van der Waals surface area contributed by atoms with E-state index < -0.39 is 23.5 Å². The Balaban J connectivity index is 1.68. The zero-order valence-corrected chi connectivity index (χ0v) is 17.9. The largest absolute Gasteiger partial charge is 0.458 e. The third-order valence-corrected chi connectivity index (χ3v) is 4.89. The topological polar surface area (TPSA) is 68.3 Å². The quantitative estimate of drug-likeness (QED) is 0.382. The molecule has 0 saturated heterocycles. The maximum atomic E-state index is 14.5. The van der Waals surface area contributed by atoms with Gasteiger partial charge >= 0.3 is 5.97 Å². The highest BCUT2D eigenvalue weighted by atomic mass is 19.1. The predicted molar refractivity (Wildman–Crippen MR) is 122 cm³/mol. The van der Waals surface area contributed by atoms with Gasteiger partial charge in [-0.3, -0.25) is 4.79 Å². The molecule has 1 N–H and O–H groups in total. The summed E-state index contributed by atoms with van der Waals surface area (Å²) in [5.41, 5.74) is 1.58. The van der Waals surface area contributed by atoms with Gasteiger partial charge in [0.2, 0.25) is 0 Å². The van der Waals surface area contributed by atoms with Gasteiger partial charge in [0.1, 0.15) is 17.3 Å². The molecule has 0 unspecified atom stereocenters. The Morgan fingerprint density at radius 2 is 1.67 bits per heavy atom. The van der Waals surface area contributed by atoms with Crippen LogP contribution in [0.2, 0.25) is 0 Å². The first kappa shape index (κ1) is 22.1. The number of esters is 1. The zero-order valence-electron chi connectivity index (χ0n) is 17.9. The number of benzene rings is 3. The standard InChI is InChI=1S/C26H20F2N2O3/c1-15(2)33-26(32)23-12-10-16-5-4-8-22(24(16)29-23)30-25(31)20-14-18(9-11-21(20)28)17-6-3-7-19(27)13-17/h3-15H,1-2H3,(H,30,31). The van der Waals surface area contributed by atoms with Crippen LogP contribution in [0.15, 0.2) is 72.8 Å². The van der Waals surface area contributed by atoms with E-state index in [0.717, 1.165) is 6.07 Å². The maximum absolute atomic E-state index is 14.5. The molecule has 0 fully saturated rings. The van der Waals surface area contributed by atoms with Gasteiger partial charge in [-0.05, 0) is 61.4 Å². The highest BCUT2D eigenvalue weighted by Gasteiger charge is 2.17. The molecule has 1 aromatic heterocycles. The molecule has 33 heavy (non-hydrogen) atoms. The number of rotatable bonds is 5. The van der Waals surface area contributed by atoms with Crippen LogP contribution in [0.4, 0.5) is 14.5 Å². The lowest BCUT2D eigenvalue weighted by Crippen LogP contribution is -2.15. The van der Waals surface area contributed by atoms with Crippen LogP contribution in [0.3, 0.4) is 0 Å². The van der Waals surface area contributed by atoms with Crippen molar-refractivity contribution in [1.82, 2.24) is 4.98 Å². The number of hydrogen-bond donors (Lipinski definition) is 1. The number of para-hydroxylation sites is 1. The number of ether oxygens (including phenoxy) is 1. The Morgan fingerprint density at radius 1 is 0.909 bits per heavy atom. The molecule has 0 aliphatic rings. The van der Waals surface area contributed by atoms with Crippen molar-refractivity contribution in [2.24, 2.45) is 0 Å². The van der Waals surface area contributed by atoms with Crippen LogP contribution in [0, 0.1) is 11.6 Å². The van der Waals surface area contributed by atoms with Gasteiger partial charge in [0, 0.05) is 5.39 Å².